The van der Waals surface area contributed by atoms with Gasteiger partial charge in [0.25, 0.3) is 5.91 Å². The van der Waals surface area contributed by atoms with Crippen LogP contribution in [0, 0.1) is 0 Å². The van der Waals surface area contributed by atoms with Crippen LogP contribution in [0.3, 0.4) is 0 Å². The molecule has 0 aromatic heterocycles. The van der Waals surface area contributed by atoms with Crippen LogP contribution < -0.4 is 15.8 Å². The van der Waals surface area contributed by atoms with Crippen LogP contribution in [0.5, 0.6) is 5.75 Å². The van der Waals surface area contributed by atoms with Gasteiger partial charge in [-0.05, 0) is 43.2 Å². The lowest BCUT2D eigenvalue weighted by Crippen LogP contribution is -2.33. The SMILES string of the molecule is CCSC1CCC(NC(=O)c2ccc(OC)c(N)c2)C1. The third kappa shape index (κ3) is 3.60. The van der Waals surface area contributed by atoms with Gasteiger partial charge in [0, 0.05) is 16.9 Å². The van der Waals surface area contributed by atoms with Crippen LogP contribution in [0.25, 0.3) is 0 Å². The standard InChI is InChI=1S/C15H22N2O2S/c1-3-20-12-6-5-11(9-12)17-15(18)10-4-7-14(19-2)13(16)8-10/h4,7-8,11-12H,3,5-6,9,16H2,1-2H3,(H,17,18). The Bertz CT molecular complexity index is 479. The van der Waals surface area contributed by atoms with Gasteiger partial charge in [0.05, 0.1) is 12.8 Å². The highest BCUT2D eigenvalue weighted by molar-refractivity contribution is 7.99. The number of methoxy groups -OCH3 is 1. The fourth-order valence-electron chi connectivity index (χ4n) is 2.60. The second-order valence-corrected chi connectivity index (χ2v) is 6.59. The minimum Gasteiger partial charge on any atom is -0.495 e. The number of carbonyl (C=O) groups excluding carboxylic acids is 1. The maximum atomic E-state index is 12.2. The zero-order chi connectivity index (χ0) is 14.5. The number of nitrogen functional groups attached to an aromatic ring is 1. The lowest BCUT2D eigenvalue weighted by Gasteiger charge is -2.14. The van der Waals surface area contributed by atoms with Gasteiger partial charge < -0.3 is 15.8 Å². The third-order valence-electron chi connectivity index (χ3n) is 3.61. The number of nitrogens with one attached hydrogen (secondary N) is 1. The van der Waals surface area contributed by atoms with Crippen LogP contribution >= 0.6 is 11.8 Å². The van der Waals surface area contributed by atoms with Gasteiger partial charge in [0.15, 0.2) is 0 Å². The molecular formula is C15H22N2O2S. The molecule has 3 N–H and O–H groups in total. The largest absolute Gasteiger partial charge is 0.495 e. The Labute approximate surface area is 124 Å². The van der Waals surface area contributed by atoms with Crippen molar-refractivity contribution >= 4 is 23.4 Å². The lowest BCUT2D eigenvalue weighted by atomic mass is 10.1. The number of nitrogens with two attached hydrogens (primary N) is 1. The number of amides is 1. The molecule has 2 atom stereocenters. The third-order valence-corrected chi connectivity index (χ3v) is 4.85. The number of thioether (sulfide) groups is 1. The van der Waals surface area contributed by atoms with Crippen LogP contribution in [-0.2, 0) is 0 Å². The summed E-state index contributed by atoms with van der Waals surface area (Å²) in [5.74, 6) is 1.69. The Hall–Kier alpha value is -1.36. The molecule has 1 aliphatic rings. The molecule has 1 aliphatic carbocycles. The van der Waals surface area contributed by atoms with Crippen molar-refractivity contribution in [1.29, 1.82) is 0 Å². The number of hydrogen-bond acceptors (Lipinski definition) is 4. The number of hydrogen-bond donors (Lipinski definition) is 2. The molecule has 0 heterocycles. The van der Waals surface area contributed by atoms with Crippen molar-refractivity contribution in [3.8, 4) is 5.75 Å². The average molecular weight is 294 g/mol. The van der Waals surface area contributed by atoms with Gasteiger partial charge in [-0.3, -0.25) is 4.79 Å². The summed E-state index contributed by atoms with van der Waals surface area (Å²) in [4.78, 5) is 12.2. The Kier molecular flexibility index (Phi) is 5.17. The summed E-state index contributed by atoms with van der Waals surface area (Å²) in [6, 6.07) is 5.43. The first kappa shape index (κ1) is 15.0. The smallest absolute Gasteiger partial charge is 0.251 e. The minimum absolute atomic E-state index is 0.0495. The molecule has 1 fully saturated rings. The van der Waals surface area contributed by atoms with E-state index in [0.717, 1.165) is 18.6 Å². The van der Waals surface area contributed by atoms with Crippen LogP contribution in [0.2, 0.25) is 0 Å². The molecule has 1 amide bonds. The van der Waals surface area contributed by atoms with E-state index in [9.17, 15) is 4.79 Å². The molecule has 1 aromatic rings. The lowest BCUT2D eigenvalue weighted by molar-refractivity contribution is 0.0938. The van der Waals surface area contributed by atoms with Crippen molar-refractivity contribution in [2.45, 2.75) is 37.5 Å². The molecule has 0 bridgehead atoms. The fourth-order valence-corrected chi connectivity index (χ4v) is 3.75. The van der Waals surface area contributed by atoms with Gasteiger partial charge in [0.1, 0.15) is 5.75 Å². The van der Waals surface area contributed by atoms with E-state index in [1.165, 1.54) is 6.42 Å². The van der Waals surface area contributed by atoms with Crippen LogP contribution in [-0.4, -0.2) is 30.1 Å². The van der Waals surface area contributed by atoms with Gasteiger partial charge in [-0.1, -0.05) is 6.92 Å². The van der Waals surface area contributed by atoms with Crippen molar-refractivity contribution in [1.82, 2.24) is 5.32 Å². The van der Waals surface area contributed by atoms with E-state index in [4.69, 9.17) is 10.5 Å². The molecule has 1 saturated carbocycles. The maximum Gasteiger partial charge on any atom is 0.251 e. The summed E-state index contributed by atoms with van der Waals surface area (Å²) in [5, 5.41) is 3.79. The molecule has 0 aliphatic heterocycles. The molecule has 110 valence electrons. The Morgan fingerprint density at radius 1 is 1.50 bits per heavy atom. The van der Waals surface area contributed by atoms with Crippen molar-refractivity contribution in [3.63, 3.8) is 0 Å². The molecule has 0 radical (unpaired) electrons. The Morgan fingerprint density at radius 2 is 2.30 bits per heavy atom. The first-order valence-electron chi connectivity index (χ1n) is 7.00. The van der Waals surface area contributed by atoms with Crippen molar-refractivity contribution < 1.29 is 9.53 Å². The van der Waals surface area contributed by atoms with Gasteiger partial charge in [0.2, 0.25) is 0 Å². The predicted octanol–water partition coefficient (Wildman–Crippen LogP) is 2.68. The Balaban J connectivity index is 1.94. The zero-order valence-corrected chi connectivity index (χ0v) is 12.8. The monoisotopic (exact) mass is 294 g/mol. The first-order chi connectivity index (χ1) is 9.63. The molecule has 5 heteroatoms. The number of anilines is 1. The summed E-state index contributed by atoms with van der Waals surface area (Å²) in [6.07, 6.45) is 3.32. The number of rotatable bonds is 5. The van der Waals surface area contributed by atoms with Gasteiger partial charge in [-0.2, -0.15) is 11.8 Å². The fraction of sp³-hybridized carbons (Fsp3) is 0.533. The molecule has 2 rings (SSSR count). The molecule has 4 nitrogen and oxygen atoms in total. The predicted molar refractivity (Wildman–Crippen MR) is 84.4 cm³/mol. The molecule has 2 unspecified atom stereocenters. The summed E-state index contributed by atoms with van der Waals surface area (Å²) in [5.41, 5.74) is 6.92. The summed E-state index contributed by atoms with van der Waals surface area (Å²) >= 11 is 1.99. The highest BCUT2D eigenvalue weighted by Gasteiger charge is 2.26. The van der Waals surface area contributed by atoms with Gasteiger partial charge in [-0.25, -0.2) is 0 Å². The van der Waals surface area contributed by atoms with Crippen molar-refractivity contribution in [2.24, 2.45) is 0 Å². The van der Waals surface area contributed by atoms with E-state index >= 15 is 0 Å². The van der Waals surface area contributed by atoms with E-state index in [-0.39, 0.29) is 11.9 Å². The minimum atomic E-state index is -0.0495. The highest BCUT2D eigenvalue weighted by Crippen LogP contribution is 2.30. The second kappa shape index (κ2) is 6.88. The second-order valence-electron chi connectivity index (χ2n) is 5.02. The Morgan fingerprint density at radius 3 is 2.95 bits per heavy atom. The molecule has 0 saturated heterocycles. The topological polar surface area (TPSA) is 64.3 Å². The van der Waals surface area contributed by atoms with Gasteiger partial charge in [-0.15, -0.1) is 0 Å². The normalized spacial score (nSPS) is 21.7. The summed E-state index contributed by atoms with van der Waals surface area (Å²) in [6.45, 7) is 2.18. The molecule has 20 heavy (non-hydrogen) atoms. The average Bonchev–Trinajstić information content (AvgIpc) is 2.86. The van der Waals surface area contributed by atoms with Crippen molar-refractivity contribution in [3.05, 3.63) is 23.8 Å². The van der Waals surface area contributed by atoms with Crippen LogP contribution in [0.4, 0.5) is 5.69 Å². The highest BCUT2D eigenvalue weighted by atomic mass is 32.2. The number of benzene rings is 1. The quantitative estimate of drug-likeness (QED) is 0.820. The van der Waals surface area contributed by atoms with E-state index in [1.807, 2.05) is 11.8 Å². The van der Waals surface area contributed by atoms with E-state index in [0.29, 0.717) is 22.3 Å². The number of carbonyl (C=O) groups is 1. The summed E-state index contributed by atoms with van der Waals surface area (Å²) in [7, 11) is 1.56. The van der Waals surface area contributed by atoms with E-state index in [2.05, 4.69) is 12.2 Å². The summed E-state index contributed by atoms with van der Waals surface area (Å²) < 4.78 is 5.09. The maximum absolute atomic E-state index is 12.2. The van der Waals surface area contributed by atoms with Crippen molar-refractivity contribution in [2.75, 3.05) is 18.6 Å². The molecule has 0 spiro atoms. The van der Waals surface area contributed by atoms with Crippen LogP contribution in [0.1, 0.15) is 36.5 Å². The zero-order valence-electron chi connectivity index (χ0n) is 12.0. The molecular weight excluding hydrogens is 272 g/mol. The molecule has 1 aromatic carbocycles. The van der Waals surface area contributed by atoms with E-state index in [1.54, 1.807) is 25.3 Å². The first-order valence-corrected chi connectivity index (χ1v) is 8.05. The van der Waals surface area contributed by atoms with Gasteiger partial charge >= 0.3 is 0 Å². The number of ether oxygens (including phenoxy) is 1. The van der Waals surface area contributed by atoms with E-state index < -0.39 is 0 Å². The van der Waals surface area contributed by atoms with Crippen LogP contribution in [0.15, 0.2) is 18.2 Å².